The molecule has 0 saturated carbocycles. The van der Waals surface area contributed by atoms with Gasteiger partial charge in [0, 0.05) is 13.1 Å². The second kappa shape index (κ2) is 7.32. The van der Waals surface area contributed by atoms with Crippen molar-refractivity contribution in [1.29, 1.82) is 0 Å². The number of carbonyl (C=O) groups is 1. The number of hydrogen-bond acceptors (Lipinski definition) is 4. The van der Waals surface area contributed by atoms with Crippen molar-refractivity contribution < 1.29 is 14.6 Å². The fraction of sp³-hybridized carbons (Fsp3) is 0.611. The van der Waals surface area contributed by atoms with Crippen LogP contribution in [0.2, 0.25) is 0 Å². The van der Waals surface area contributed by atoms with Crippen molar-refractivity contribution in [2.75, 3.05) is 32.8 Å². The van der Waals surface area contributed by atoms with E-state index in [1.54, 1.807) is 4.90 Å². The summed E-state index contributed by atoms with van der Waals surface area (Å²) in [6, 6.07) is 7.93. The number of para-hydroxylation sites is 1. The van der Waals surface area contributed by atoms with E-state index in [2.05, 4.69) is 4.90 Å². The molecule has 0 bridgehead atoms. The minimum absolute atomic E-state index is 0.0688. The van der Waals surface area contributed by atoms with Gasteiger partial charge in [0.15, 0.2) is 0 Å². The van der Waals surface area contributed by atoms with E-state index in [0.29, 0.717) is 26.1 Å². The first-order chi connectivity index (χ1) is 11.1. The number of amides is 1. The van der Waals surface area contributed by atoms with Crippen LogP contribution in [0.5, 0.6) is 5.75 Å². The van der Waals surface area contributed by atoms with Crippen molar-refractivity contribution in [3.8, 4) is 5.75 Å². The molecule has 2 saturated heterocycles. The highest BCUT2D eigenvalue weighted by Gasteiger charge is 2.38. The zero-order valence-corrected chi connectivity index (χ0v) is 13.8. The van der Waals surface area contributed by atoms with Crippen molar-refractivity contribution in [2.24, 2.45) is 0 Å². The van der Waals surface area contributed by atoms with E-state index in [-0.39, 0.29) is 11.9 Å². The van der Waals surface area contributed by atoms with Gasteiger partial charge in [0.25, 0.3) is 0 Å². The van der Waals surface area contributed by atoms with Crippen LogP contribution in [-0.2, 0) is 4.79 Å². The second-order valence-electron chi connectivity index (χ2n) is 6.54. The molecule has 2 atom stereocenters. The van der Waals surface area contributed by atoms with E-state index in [9.17, 15) is 9.90 Å². The number of aliphatic hydroxyl groups excluding tert-OH is 1. The van der Waals surface area contributed by atoms with Gasteiger partial charge in [0.2, 0.25) is 5.91 Å². The summed E-state index contributed by atoms with van der Waals surface area (Å²) < 4.78 is 5.70. The largest absolute Gasteiger partial charge is 0.493 e. The number of carbonyl (C=O) groups excluding carboxylic acids is 1. The lowest BCUT2D eigenvalue weighted by atomic mass is 10.2. The second-order valence-corrected chi connectivity index (χ2v) is 6.54. The number of nitrogens with zero attached hydrogens (tertiary/aromatic N) is 2. The quantitative estimate of drug-likeness (QED) is 0.892. The van der Waals surface area contributed by atoms with Gasteiger partial charge in [-0.25, -0.2) is 0 Å². The zero-order valence-electron chi connectivity index (χ0n) is 13.8. The number of aryl methyl sites for hydroxylation is 1. The molecule has 5 heteroatoms. The Morgan fingerprint density at radius 3 is 2.74 bits per heavy atom. The predicted octanol–water partition coefficient (Wildman–Crippen LogP) is 1.43. The first-order valence-electron chi connectivity index (χ1n) is 8.53. The predicted molar refractivity (Wildman–Crippen MR) is 88.5 cm³/mol. The Hall–Kier alpha value is -1.59. The van der Waals surface area contributed by atoms with Crippen molar-refractivity contribution >= 4 is 5.91 Å². The van der Waals surface area contributed by atoms with Gasteiger partial charge in [0.05, 0.1) is 25.2 Å². The molecule has 23 heavy (non-hydrogen) atoms. The third-order valence-corrected chi connectivity index (χ3v) is 4.89. The molecule has 1 aromatic rings. The van der Waals surface area contributed by atoms with Gasteiger partial charge >= 0.3 is 0 Å². The van der Waals surface area contributed by atoms with Crippen LogP contribution in [0.25, 0.3) is 0 Å². The monoisotopic (exact) mass is 318 g/mol. The maximum atomic E-state index is 12.3. The number of benzene rings is 1. The van der Waals surface area contributed by atoms with E-state index >= 15 is 0 Å². The van der Waals surface area contributed by atoms with Crippen molar-refractivity contribution in [1.82, 2.24) is 9.80 Å². The molecule has 1 aromatic carbocycles. The Labute approximate surface area is 137 Å². The highest BCUT2D eigenvalue weighted by Crippen LogP contribution is 2.22. The molecular weight excluding hydrogens is 292 g/mol. The SMILES string of the molecule is Cc1ccccc1OCCC(=O)N1C[C@H](O)[C@@H](N2CCCC2)C1. The van der Waals surface area contributed by atoms with Crippen LogP contribution in [0.4, 0.5) is 0 Å². The summed E-state index contributed by atoms with van der Waals surface area (Å²) in [5.41, 5.74) is 1.07. The fourth-order valence-corrected chi connectivity index (χ4v) is 3.53. The van der Waals surface area contributed by atoms with Crippen LogP contribution in [0.1, 0.15) is 24.8 Å². The van der Waals surface area contributed by atoms with Crippen molar-refractivity contribution in [2.45, 2.75) is 38.3 Å². The fourth-order valence-electron chi connectivity index (χ4n) is 3.53. The van der Waals surface area contributed by atoms with Crippen LogP contribution in [0.3, 0.4) is 0 Å². The maximum absolute atomic E-state index is 12.3. The highest BCUT2D eigenvalue weighted by molar-refractivity contribution is 5.76. The summed E-state index contributed by atoms with van der Waals surface area (Å²) in [7, 11) is 0. The summed E-state index contributed by atoms with van der Waals surface area (Å²) >= 11 is 0. The Morgan fingerprint density at radius 1 is 1.26 bits per heavy atom. The van der Waals surface area contributed by atoms with Gasteiger partial charge in [-0.3, -0.25) is 9.69 Å². The molecular formula is C18H26N2O3. The average Bonchev–Trinajstić information content (AvgIpc) is 3.18. The van der Waals surface area contributed by atoms with E-state index in [1.165, 1.54) is 12.8 Å². The van der Waals surface area contributed by atoms with Gasteiger partial charge in [-0.05, 0) is 44.5 Å². The minimum Gasteiger partial charge on any atom is -0.493 e. The van der Waals surface area contributed by atoms with E-state index in [1.807, 2.05) is 31.2 Å². The summed E-state index contributed by atoms with van der Waals surface area (Å²) in [5.74, 6) is 0.899. The summed E-state index contributed by atoms with van der Waals surface area (Å²) in [5, 5.41) is 10.2. The summed E-state index contributed by atoms with van der Waals surface area (Å²) in [6.07, 6.45) is 2.32. The Bertz CT molecular complexity index is 543. The molecule has 3 rings (SSSR count). The molecule has 0 unspecified atom stereocenters. The maximum Gasteiger partial charge on any atom is 0.226 e. The van der Waals surface area contributed by atoms with Gasteiger partial charge in [-0.1, -0.05) is 18.2 Å². The number of β-amino-alcohol motifs (C(OH)–C–C–N with tert-alkyl or cyclic N) is 1. The Kier molecular flexibility index (Phi) is 5.18. The number of hydrogen-bond donors (Lipinski definition) is 1. The molecule has 0 radical (unpaired) electrons. The van der Waals surface area contributed by atoms with Crippen LogP contribution in [-0.4, -0.2) is 65.7 Å². The molecule has 2 fully saturated rings. The van der Waals surface area contributed by atoms with Gasteiger partial charge in [-0.15, -0.1) is 0 Å². The summed E-state index contributed by atoms with van der Waals surface area (Å²) in [6.45, 7) is 5.55. The normalized spacial score (nSPS) is 25.0. The Morgan fingerprint density at radius 2 is 2.00 bits per heavy atom. The lowest BCUT2D eigenvalue weighted by Crippen LogP contribution is -2.41. The Balaban J connectivity index is 1.46. The van der Waals surface area contributed by atoms with E-state index < -0.39 is 6.10 Å². The number of rotatable bonds is 5. The van der Waals surface area contributed by atoms with Crippen LogP contribution in [0, 0.1) is 6.92 Å². The van der Waals surface area contributed by atoms with Crippen LogP contribution >= 0.6 is 0 Å². The molecule has 0 aromatic heterocycles. The number of aliphatic hydroxyl groups is 1. The smallest absolute Gasteiger partial charge is 0.226 e. The third-order valence-electron chi connectivity index (χ3n) is 4.89. The molecule has 2 aliphatic heterocycles. The molecule has 5 nitrogen and oxygen atoms in total. The standard InChI is InChI=1S/C18H26N2O3/c1-14-6-2-3-7-17(14)23-11-8-18(22)20-12-15(16(21)13-20)19-9-4-5-10-19/h2-3,6-7,15-16,21H,4-5,8-13H2,1H3/t15-,16-/m0/s1. The number of ether oxygens (including phenoxy) is 1. The molecule has 0 aliphatic carbocycles. The average molecular weight is 318 g/mol. The van der Waals surface area contributed by atoms with Crippen molar-refractivity contribution in [3.63, 3.8) is 0 Å². The molecule has 1 amide bonds. The number of likely N-dealkylation sites (tertiary alicyclic amines) is 2. The van der Waals surface area contributed by atoms with Crippen molar-refractivity contribution in [3.05, 3.63) is 29.8 Å². The first-order valence-corrected chi connectivity index (χ1v) is 8.53. The van der Waals surface area contributed by atoms with Gasteiger partial charge < -0.3 is 14.7 Å². The third kappa shape index (κ3) is 3.85. The molecule has 2 aliphatic rings. The first kappa shape index (κ1) is 16.3. The van der Waals surface area contributed by atoms with Gasteiger partial charge in [-0.2, -0.15) is 0 Å². The van der Waals surface area contributed by atoms with Crippen LogP contribution < -0.4 is 4.74 Å². The molecule has 1 N–H and O–H groups in total. The summed E-state index contributed by atoms with van der Waals surface area (Å²) in [4.78, 5) is 16.5. The zero-order chi connectivity index (χ0) is 16.2. The topological polar surface area (TPSA) is 53.0 Å². The lowest BCUT2D eigenvalue weighted by Gasteiger charge is -2.25. The molecule has 126 valence electrons. The lowest BCUT2D eigenvalue weighted by molar-refractivity contribution is -0.131. The van der Waals surface area contributed by atoms with E-state index in [0.717, 1.165) is 24.4 Å². The van der Waals surface area contributed by atoms with Gasteiger partial charge in [0.1, 0.15) is 5.75 Å². The molecule has 0 spiro atoms. The molecule has 2 heterocycles. The van der Waals surface area contributed by atoms with E-state index in [4.69, 9.17) is 4.74 Å². The highest BCUT2D eigenvalue weighted by atomic mass is 16.5. The minimum atomic E-state index is -0.422. The van der Waals surface area contributed by atoms with Crippen LogP contribution in [0.15, 0.2) is 24.3 Å².